The Morgan fingerprint density at radius 3 is 0.478 bits per heavy atom. The van der Waals surface area contributed by atoms with Gasteiger partial charge in [-0.05, 0) is 0 Å². The Labute approximate surface area is 313 Å². The van der Waals surface area contributed by atoms with E-state index in [1.165, 1.54) is 31.8 Å². The molecule has 10 heteroatoms. The maximum absolute atomic E-state index is 2.27. The van der Waals surface area contributed by atoms with Gasteiger partial charge in [0.2, 0.25) is 0 Å². The summed E-state index contributed by atoms with van der Waals surface area (Å²) in [5.41, 5.74) is 0. The summed E-state index contributed by atoms with van der Waals surface area (Å²) in [5, 5.41) is 8.94. The van der Waals surface area contributed by atoms with Crippen molar-refractivity contribution in [3.05, 3.63) is 182 Å². The van der Waals surface area contributed by atoms with E-state index in [0.717, 1.165) is 44.1 Å². The molecule has 0 bridgehead atoms. The number of hydrogen-bond acceptors (Lipinski definition) is 0. The predicted octanol–water partition coefficient (Wildman–Crippen LogP) is 2.73. The van der Waals surface area contributed by atoms with Crippen LogP contribution >= 0.6 is 44.1 Å². The molecule has 0 aromatic heterocycles. The second kappa shape index (κ2) is 24.1. The van der Waals surface area contributed by atoms with Crippen LogP contribution in [0, 0.1) is 0 Å². The number of halogens is 2. The van der Waals surface area contributed by atoms with Gasteiger partial charge in [0.15, 0.2) is 0 Å². The van der Waals surface area contributed by atoms with Crippen LogP contribution in [0.1, 0.15) is 0 Å². The molecule has 0 aliphatic heterocycles. The van der Waals surface area contributed by atoms with Crippen LogP contribution in [-0.2, 0) is 24.2 Å². The Hall–Kier alpha value is -0.153. The van der Waals surface area contributed by atoms with Gasteiger partial charge in [0.05, 0.1) is 0 Å². The summed E-state index contributed by atoms with van der Waals surface area (Å²) in [6.07, 6.45) is 0. The van der Waals surface area contributed by atoms with E-state index in [0.29, 0.717) is 0 Å². The van der Waals surface area contributed by atoms with Gasteiger partial charge in [-0.25, -0.2) is 0 Å². The van der Waals surface area contributed by atoms with Crippen LogP contribution in [0.15, 0.2) is 182 Å². The molecule has 0 amide bonds. The molecule has 0 fully saturated rings. The average Bonchev–Trinajstić information content (AvgIpc) is 3.08. The zero-order valence-corrected chi connectivity index (χ0v) is 35.9. The van der Waals surface area contributed by atoms with E-state index in [4.69, 9.17) is 0 Å². The third-order valence-electron chi connectivity index (χ3n) is 5.66. The molecular formula is C36H36Br2Ni2P6. The molecule has 46 heavy (non-hydrogen) atoms. The molecular weight excluding hydrogens is 895 g/mol. The number of hydrogen-bond donors (Lipinski definition) is 0. The van der Waals surface area contributed by atoms with E-state index in [9.17, 15) is 0 Å². The molecule has 0 spiro atoms. The normalized spacial score (nSPS) is 12.3. The fraction of sp³-hybridized carbons (Fsp3) is 0. The van der Waals surface area contributed by atoms with Crippen molar-refractivity contribution in [1.82, 2.24) is 0 Å². The molecule has 6 atom stereocenters. The Morgan fingerprint density at radius 2 is 0.348 bits per heavy atom. The van der Waals surface area contributed by atoms with Gasteiger partial charge in [-0.2, -0.15) is 0 Å². The topological polar surface area (TPSA) is 0 Å². The third kappa shape index (κ3) is 15.6. The Bertz CT molecular complexity index is 1290. The molecule has 6 aromatic carbocycles. The molecule has 0 saturated carbocycles. The molecule has 0 aliphatic rings. The third-order valence-corrected chi connectivity index (χ3v) is 31.0. The van der Waals surface area contributed by atoms with E-state index in [2.05, 4.69) is 182 Å². The molecule has 0 heterocycles. The predicted molar refractivity (Wildman–Crippen MR) is 206 cm³/mol. The Morgan fingerprint density at radius 1 is 0.217 bits per heavy atom. The number of rotatable bonds is 12. The van der Waals surface area contributed by atoms with E-state index in [-0.39, 0.29) is 58.2 Å². The van der Waals surface area contributed by atoms with Crippen molar-refractivity contribution in [3.63, 3.8) is 0 Å². The molecule has 6 rings (SSSR count). The minimum absolute atomic E-state index is 0. The zero-order valence-electron chi connectivity index (χ0n) is 24.7. The second-order valence-electron chi connectivity index (χ2n) is 9.14. The summed E-state index contributed by atoms with van der Waals surface area (Å²) in [4.78, 5) is 0. The SMILES string of the molecule is [Br-].[Br-].c1ccc([PH][Ni+]([PH]c2ccccc2)[PH]c2ccccc2)cc1.c1ccc([PH][Ni+]([PH]c2ccccc2)[PH]c2ccccc2)cc1. The molecule has 6 unspecified atom stereocenters. The summed E-state index contributed by atoms with van der Waals surface area (Å²) in [6, 6.07) is 65.7. The van der Waals surface area contributed by atoms with Crippen LogP contribution in [0.3, 0.4) is 0 Å². The van der Waals surface area contributed by atoms with Gasteiger partial charge in [-0.3, -0.25) is 0 Å². The van der Waals surface area contributed by atoms with Crippen molar-refractivity contribution < 1.29 is 58.2 Å². The first-order valence-electron chi connectivity index (χ1n) is 13.9. The van der Waals surface area contributed by atoms with Crippen LogP contribution in [0.2, 0.25) is 0 Å². The monoisotopic (exact) mass is 928 g/mol. The van der Waals surface area contributed by atoms with Crippen molar-refractivity contribution in [1.29, 1.82) is 0 Å². The summed E-state index contributed by atoms with van der Waals surface area (Å²) >= 11 is 0.503. The van der Waals surface area contributed by atoms with Crippen LogP contribution < -0.4 is 65.8 Å². The van der Waals surface area contributed by atoms with Crippen molar-refractivity contribution in [2.24, 2.45) is 0 Å². The van der Waals surface area contributed by atoms with Crippen LogP contribution in [0.4, 0.5) is 0 Å². The van der Waals surface area contributed by atoms with E-state index >= 15 is 0 Å². The minimum atomic E-state index is 0. The Kier molecular flexibility index (Phi) is 21.1. The second-order valence-corrected chi connectivity index (χ2v) is 35.1. The van der Waals surface area contributed by atoms with Gasteiger partial charge in [-0.1, -0.05) is 0 Å². The fourth-order valence-electron chi connectivity index (χ4n) is 3.61. The molecule has 0 N–H and O–H groups in total. The van der Waals surface area contributed by atoms with Gasteiger partial charge in [0.1, 0.15) is 0 Å². The molecule has 244 valence electrons. The van der Waals surface area contributed by atoms with E-state index < -0.39 is 0 Å². The standard InChI is InChI=1S/6C6H6P.2BrH.2Ni/c6*7-6-4-2-1-3-5-6;;;;/h6*1-5,7H;2*1H;;/q6*-1;;;2*+4/p-2. The summed E-state index contributed by atoms with van der Waals surface area (Å²) in [7, 11) is 5.48. The fourth-order valence-corrected chi connectivity index (χ4v) is 32.4. The van der Waals surface area contributed by atoms with Crippen molar-refractivity contribution in [2.45, 2.75) is 0 Å². The van der Waals surface area contributed by atoms with Crippen molar-refractivity contribution in [3.8, 4) is 0 Å². The van der Waals surface area contributed by atoms with Crippen LogP contribution in [0.5, 0.6) is 0 Å². The van der Waals surface area contributed by atoms with Crippen LogP contribution in [0.25, 0.3) is 0 Å². The van der Waals surface area contributed by atoms with E-state index in [1.807, 2.05) is 0 Å². The molecule has 6 aromatic rings. The summed E-state index contributed by atoms with van der Waals surface area (Å²) in [6.45, 7) is 0. The Balaban J connectivity index is 0.000000240. The first-order chi connectivity index (χ1) is 21.8. The van der Waals surface area contributed by atoms with Gasteiger partial charge in [-0.15, -0.1) is 0 Å². The van der Waals surface area contributed by atoms with Crippen LogP contribution in [-0.4, -0.2) is 0 Å². The first kappa shape index (κ1) is 40.3. The number of benzene rings is 6. The average molecular weight is 932 g/mol. The molecule has 0 saturated heterocycles. The summed E-state index contributed by atoms with van der Waals surface area (Å²) in [5.74, 6) is 0. The molecule has 0 aliphatic carbocycles. The molecule has 0 radical (unpaired) electrons. The van der Waals surface area contributed by atoms with Crippen molar-refractivity contribution in [2.75, 3.05) is 0 Å². The van der Waals surface area contributed by atoms with Gasteiger partial charge < -0.3 is 34.0 Å². The first-order valence-corrected chi connectivity index (χ1v) is 27.7. The maximum atomic E-state index is 2.27. The van der Waals surface area contributed by atoms with Gasteiger partial charge >= 0.3 is 282 Å². The van der Waals surface area contributed by atoms with Gasteiger partial charge in [0.25, 0.3) is 0 Å². The van der Waals surface area contributed by atoms with E-state index in [1.54, 1.807) is 0 Å². The zero-order chi connectivity index (χ0) is 30.1. The molecule has 0 nitrogen and oxygen atoms in total. The van der Waals surface area contributed by atoms with Gasteiger partial charge in [0, 0.05) is 0 Å². The summed E-state index contributed by atoms with van der Waals surface area (Å²) < 4.78 is 0. The quantitative estimate of drug-likeness (QED) is 0.131. The van der Waals surface area contributed by atoms with Crippen molar-refractivity contribution >= 4 is 76.0 Å².